The van der Waals surface area contributed by atoms with Crippen LogP contribution in [0.4, 0.5) is 0 Å². The number of amides is 1. The number of carbonyl (C=O) groups is 2. The van der Waals surface area contributed by atoms with Crippen molar-refractivity contribution in [3.63, 3.8) is 0 Å². The molecule has 2 rings (SSSR count). The highest BCUT2D eigenvalue weighted by molar-refractivity contribution is 8.00. The Morgan fingerprint density at radius 3 is 2.60 bits per heavy atom. The first-order chi connectivity index (χ1) is 14.6. The summed E-state index contributed by atoms with van der Waals surface area (Å²) in [4.78, 5) is 30.5. The Balaban J connectivity index is 2.09. The number of carbonyl (C=O) groups excluding carboxylic acids is 2. The van der Waals surface area contributed by atoms with Gasteiger partial charge >= 0.3 is 5.97 Å². The van der Waals surface area contributed by atoms with Crippen molar-refractivity contribution in [3.8, 4) is 0 Å². The number of hydrogen-bond donors (Lipinski definition) is 0. The minimum atomic E-state index is -0.365. The Kier molecular flexibility index (Phi) is 11.3. The Bertz CT molecular complexity index is 664. The molecule has 1 aromatic carbocycles. The topological polar surface area (TPSA) is 59.1 Å². The third kappa shape index (κ3) is 7.93. The van der Waals surface area contributed by atoms with Crippen LogP contribution in [0.15, 0.2) is 29.2 Å². The molecule has 0 radical (unpaired) electrons. The highest BCUT2D eigenvalue weighted by Gasteiger charge is 2.23. The van der Waals surface area contributed by atoms with E-state index in [-0.39, 0.29) is 17.1 Å². The van der Waals surface area contributed by atoms with E-state index in [1.54, 1.807) is 6.92 Å². The molecule has 1 amide bonds. The molecule has 1 aromatic rings. The first-order valence-corrected chi connectivity index (χ1v) is 11.9. The largest absolute Gasteiger partial charge is 0.468 e. The number of hydrogen-bond acceptors (Lipinski definition) is 6. The van der Waals surface area contributed by atoms with Crippen LogP contribution in [-0.4, -0.2) is 80.0 Å². The van der Waals surface area contributed by atoms with Crippen molar-refractivity contribution in [2.24, 2.45) is 0 Å². The molecule has 0 aromatic heterocycles. The lowest BCUT2D eigenvalue weighted by Gasteiger charge is -2.30. The maximum Gasteiger partial charge on any atom is 0.318 e. The average molecular weight is 437 g/mol. The molecule has 1 atom stereocenters. The number of esters is 1. The summed E-state index contributed by atoms with van der Waals surface area (Å²) in [5, 5.41) is -0.365. The summed E-state index contributed by atoms with van der Waals surface area (Å²) < 4.78 is 10.3. The van der Waals surface area contributed by atoms with Crippen molar-refractivity contribution < 1.29 is 19.1 Å². The van der Waals surface area contributed by atoms with Crippen molar-refractivity contribution in [2.45, 2.75) is 49.7 Å². The molecule has 1 aliphatic heterocycles. The summed E-state index contributed by atoms with van der Waals surface area (Å²) in [5.74, 6) is -0.245. The molecule has 6 nitrogen and oxygen atoms in total. The lowest BCUT2D eigenvalue weighted by atomic mass is 10.1. The van der Waals surface area contributed by atoms with Crippen molar-refractivity contribution in [2.75, 3.05) is 53.0 Å². The fraction of sp³-hybridized carbons (Fsp3) is 0.652. The third-order valence-corrected chi connectivity index (χ3v) is 6.47. The quantitative estimate of drug-likeness (QED) is 0.283. The van der Waals surface area contributed by atoms with Gasteiger partial charge in [0, 0.05) is 37.6 Å². The molecule has 1 heterocycles. The summed E-state index contributed by atoms with van der Waals surface area (Å²) in [5.41, 5.74) is 0.663. The summed E-state index contributed by atoms with van der Waals surface area (Å²) in [6.07, 6.45) is 4.51. The number of benzene rings is 1. The summed E-state index contributed by atoms with van der Waals surface area (Å²) in [7, 11) is 1.39. The van der Waals surface area contributed by atoms with E-state index in [0.29, 0.717) is 12.1 Å². The van der Waals surface area contributed by atoms with E-state index in [2.05, 4.69) is 11.8 Å². The maximum atomic E-state index is 13.5. The molecule has 0 N–H and O–H groups in total. The molecule has 1 aliphatic rings. The van der Waals surface area contributed by atoms with E-state index >= 15 is 0 Å². The Morgan fingerprint density at radius 2 is 1.90 bits per heavy atom. The van der Waals surface area contributed by atoms with E-state index in [1.807, 2.05) is 29.2 Å². The molecule has 0 aliphatic carbocycles. The average Bonchev–Trinajstić information content (AvgIpc) is 2.78. The molecule has 0 saturated carbocycles. The van der Waals surface area contributed by atoms with Crippen molar-refractivity contribution in [3.05, 3.63) is 29.8 Å². The van der Waals surface area contributed by atoms with Crippen LogP contribution >= 0.6 is 11.8 Å². The van der Waals surface area contributed by atoms with Crippen LogP contribution in [0.5, 0.6) is 0 Å². The lowest BCUT2D eigenvalue weighted by Crippen LogP contribution is -2.43. The number of morpholine rings is 1. The first-order valence-electron chi connectivity index (χ1n) is 11.0. The zero-order chi connectivity index (χ0) is 21.8. The van der Waals surface area contributed by atoms with E-state index < -0.39 is 0 Å². The van der Waals surface area contributed by atoms with E-state index in [1.165, 1.54) is 31.7 Å². The molecule has 0 bridgehead atoms. The SMILES string of the molecule is CCCCCCN(CCN1CCOCC1)C(=O)c1ccccc1SC(C)C(=O)OC. The van der Waals surface area contributed by atoms with Gasteiger partial charge in [0.2, 0.25) is 0 Å². The van der Waals surface area contributed by atoms with Gasteiger partial charge in [-0.05, 0) is 25.5 Å². The summed E-state index contributed by atoms with van der Waals surface area (Å²) in [6, 6.07) is 7.57. The van der Waals surface area contributed by atoms with E-state index in [4.69, 9.17) is 9.47 Å². The van der Waals surface area contributed by atoms with Gasteiger partial charge in [0.25, 0.3) is 5.91 Å². The predicted molar refractivity (Wildman–Crippen MR) is 121 cm³/mol. The molecule has 1 saturated heterocycles. The molecular weight excluding hydrogens is 400 g/mol. The molecule has 168 valence electrons. The number of rotatable bonds is 12. The summed E-state index contributed by atoms with van der Waals surface area (Å²) in [6.45, 7) is 9.67. The van der Waals surface area contributed by atoms with Crippen molar-refractivity contribution in [1.29, 1.82) is 0 Å². The second-order valence-corrected chi connectivity index (χ2v) is 8.97. The molecule has 7 heteroatoms. The predicted octanol–water partition coefficient (Wildman–Crippen LogP) is 3.69. The zero-order valence-corrected chi connectivity index (χ0v) is 19.4. The van der Waals surface area contributed by atoms with Crippen molar-refractivity contribution in [1.82, 2.24) is 9.80 Å². The number of methoxy groups -OCH3 is 1. The molecule has 30 heavy (non-hydrogen) atoms. The highest BCUT2D eigenvalue weighted by Crippen LogP contribution is 2.28. The Hall–Kier alpha value is -1.57. The lowest BCUT2D eigenvalue weighted by molar-refractivity contribution is -0.139. The van der Waals surface area contributed by atoms with Crippen LogP contribution < -0.4 is 0 Å². The minimum Gasteiger partial charge on any atom is -0.468 e. The fourth-order valence-corrected chi connectivity index (χ4v) is 4.47. The van der Waals surface area contributed by atoms with Crippen LogP contribution in [0.2, 0.25) is 0 Å². The monoisotopic (exact) mass is 436 g/mol. The fourth-order valence-electron chi connectivity index (χ4n) is 3.45. The maximum absolute atomic E-state index is 13.5. The first kappa shape index (κ1) is 24.7. The second kappa shape index (κ2) is 13.7. The van der Waals surface area contributed by atoms with Gasteiger partial charge in [-0.15, -0.1) is 11.8 Å². The van der Waals surface area contributed by atoms with Crippen LogP contribution in [0.1, 0.15) is 49.9 Å². The van der Waals surface area contributed by atoms with E-state index in [9.17, 15) is 9.59 Å². The number of unbranched alkanes of at least 4 members (excludes halogenated alkanes) is 3. The van der Waals surface area contributed by atoms with Crippen LogP contribution in [0, 0.1) is 0 Å². The second-order valence-electron chi connectivity index (χ2n) is 7.59. The normalized spacial score (nSPS) is 15.6. The van der Waals surface area contributed by atoms with Crippen molar-refractivity contribution >= 4 is 23.6 Å². The highest BCUT2D eigenvalue weighted by atomic mass is 32.2. The summed E-state index contributed by atoms with van der Waals surface area (Å²) >= 11 is 1.38. The Labute approximate surface area is 185 Å². The smallest absolute Gasteiger partial charge is 0.318 e. The molecule has 1 unspecified atom stereocenters. The van der Waals surface area contributed by atoms with Gasteiger partial charge in [0.1, 0.15) is 5.25 Å². The van der Waals surface area contributed by atoms with Gasteiger partial charge in [-0.3, -0.25) is 14.5 Å². The van der Waals surface area contributed by atoms with Gasteiger partial charge in [0.15, 0.2) is 0 Å². The molecular formula is C23H36N2O4S. The Morgan fingerprint density at radius 1 is 1.17 bits per heavy atom. The van der Waals surface area contributed by atoms with Gasteiger partial charge in [-0.2, -0.15) is 0 Å². The number of nitrogens with zero attached hydrogens (tertiary/aromatic N) is 2. The van der Waals surface area contributed by atoms with Gasteiger partial charge < -0.3 is 14.4 Å². The molecule has 0 spiro atoms. The molecule has 1 fully saturated rings. The van der Waals surface area contributed by atoms with Crippen LogP contribution in [0.25, 0.3) is 0 Å². The minimum absolute atomic E-state index is 0.0416. The van der Waals surface area contributed by atoms with E-state index in [0.717, 1.165) is 57.1 Å². The number of thioether (sulfide) groups is 1. The number of ether oxygens (including phenoxy) is 2. The standard InChI is InChI=1S/C23H36N2O4S/c1-4-5-6-9-12-25(14-13-24-15-17-29-18-16-24)22(26)20-10-7-8-11-21(20)30-19(2)23(27)28-3/h7-8,10-11,19H,4-6,9,12-18H2,1-3H3. The van der Waals surface area contributed by atoms with Crippen LogP contribution in [-0.2, 0) is 14.3 Å². The van der Waals surface area contributed by atoms with Gasteiger partial charge in [-0.25, -0.2) is 0 Å². The third-order valence-electron chi connectivity index (χ3n) is 5.31. The van der Waals surface area contributed by atoms with Crippen LogP contribution in [0.3, 0.4) is 0 Å². The van der Waals surface area contributed by atoms with Gasteiger partial charge in [-0.1, -0.05) is 38.3 Å². The van der Waals surface area contributed by atoms with Gasteiger partial charge in [0.05, 0.1) is 25.9 Å². The zero-order valence-electron chi connectivity index (χ0n) is 18.6.